The van der Waals surface area contributed by atoms with E-state index >= 15 is 0 Å². The summed E-state index contributed by atoms with van der Waals surface area (Å²) in [4.78, 5) is 0. The van der Waals surface area contributed by atoms with Gasteiger partial charge in [-0.1, -0.05) is 20.3 Å². The third-order valence-electron chi connectivity index (χ3n) is 2.40. The van der Waals surface area contributed by atoms with E-state index in [1.807, 2.05) is 0 Å². The molecule has 1 fully saturated rings. The molecule has 60 valence electrons. The minimum Gasteiger partial charge on any atom is -0.314 e. The van der Waals surface area contributed by atoms with E-state index in [4.69, 9.17) is 0 Å². The molecule has 0 aromatic carbocycles. The summed E-state index contributed by atoms with van der Waals surface area (Å²) in [5.74, 6) is 0.813. The van der Waals surface area contributed by atoms with Gasteiger partial charge in [0.1, 0.15) is 0 Å². The predicted molar refractivity (Wildman–Crippen MR) is 44.1 cm³/mol. The average molecular weight is 142 g/mol. The standard InChI is InChI=1S/C8H18N2/c1-3-7(2)8-6-9-4-5-10-8/h7-10H,3-6H2,1-2H3/t7-,8-/m1/s1. The summed E-state index contributed by atoms with van der Waals surface area (Å²) in [6.07, 6.45) is 1.28. The molecular weight excluding hydrogens is 124 g/mol. The van der Waals surface area contributed by atoms with E-state index in [1.165, 1.54) is 6.42 Å². The highest BCUT2D eigenvalue weighted by atomic mass is 15.1. The van der Waals surface area contributed by atoms with E-state index in [0.29, 0.717) is 6.04 Å². The Labute approximate surface area is 63.4 Å². The lowest BCUT2D eigenvalue weighted by atomic mass is 9.98. The maximum Gasteiger partial charge on any atom is 0.0218 e. The monoisotopic (exact) mass is 142 g/mol. The first-order valence-corrected chi connectivity index (χ1v) is 4.28. The van der Waals surface area contributed by atoms with Gasteiger partial charge in [0.15, 0.2) is 0 Å². The fourth-order valence-electron chi connectivity index (χ4n) is 1.36. The van der Waals surface area contributed by atoms with Crippen LogP contribution in [0.5, 0.6) is 0 Å². The highest BCUT2D eigenvalue weighted by Crippen LogP contribution is 2.07. The second-order valence-corrected chi connectivity index (χ2v) is 3.15. The van der Waals surface area contributed by atoms with Crippen LogP contribution in [-0.2, 0) is 0 Å². The molecule has 1 aliphatic heterocycles. The molecular formula is C8H18N2. The summed E-state index contributed by atoms with van der Waals surface area (Å²) in [6.45, 7) is 7.97. The molecule has 0 amide bonds. The molecule has 1 rings (SSSR count). The van der Waals surface area contributed by atoms with Gasteiger partial charge < -0.3 is 10.6 Å². The second-order valence-electron chi connectivity index (χ2n) is 3.15. The summed E-state index contributed by atoms with van der Waals surface area (Å²) >= 11 is 0. The Morgan fingerprint density at radius 2 is 2.30 bits per heavy atom. The zero-order valence-electron chi connectivity index (χ0n) is 6.98. The Hall–Kier alpha value is -0.0800. The topological polar surface area (TPSA) is 24.1 Å². The van der Waals surface area contributed by atoms with Crippen molar-refractivity contribution in [2.45, 2.75) is 26.3 Å². The number of hydrogen-bond donors (Lipinski definition) is 2. The molecule has 0 aromatic rings. The van der Waals surface area contributed by atoms with Gasteiger partial charge in [-0.2, -0.15) is 0 Å². The fourth-order valence-corrected chi connectivity index (χ4v) is 1.36. The predicted octanol–water partition coefficient (Wildman–Crippen LogP) is 0.594. The first kappa shape index (κ1) is 8.02. The average Bonchev–Trinajstić information content (AvgIpc) is 2.05. The minimum atomic E-state index is 0.707. The molecule has 1 aliphatic rings. The Morgan fingerprint density at radius 3 is 2.80 bits per heavy atom. The summed E-state index contributed by atoms with van der Waals surface area (Å²) in [6, 6.07) is 0.707. The van der Waals surface area contributed by atoms with Crippen molar-refractivity contribution >= 4 is 0 Å². The van der Waals surface area contributed by atoms with Crippen LogP contribution in [0.1, 0.15) is 20.3 Å². The second kappa shape index (κ2) is 3.94. The molecule has 0 aliphatic carbocycles. The van der Waals surface area contributed by atoms with Crippen molar-refractivity contribution in [3.8, 4) is 0 Å². The molecule has 2 atom stereocenters. The van der Waals surface area contributed by atoms with E-state index in [1.54, 1.807) is 0 Å². The van der Waals surface area contributed by atoms with E-state index in [2.05, 4.69) is 24.5 Å². The molecule has 2 N–H and O–H groups in total. The third-order valence-corrected chi connectivity index (χ3v) is 2.40. The van der Waals surface area contributed by atoms with Crippen LogP contribution in [0, 0.1) is 5.92 Å². The van der Waals surface area contributed by atoms with Crippen molar-refractivity contribution in [3.63, 3.8) is 0 Å². The van der Waals surface area contributed by atoms with Gasteiger partial charge in [0, 0.05) is 25.7 Å². The van der Waals surface area contributed by atoms with Crippen LogP contribution < -0.4 is 10.6 Å². The van der Waals surface area contributed by atoms with Gasteiger partial charge in [-0.15, -0.1) is 0 Å². The molecule has 1 saturated heterocycles. The van der Waals surface area contributed by atoms with Crippen molar-refractivity contribution in [2.75, 3.05) is 19.6 Å². The van der Waals surface area contributed by atoms with Crippen LogP contribution >= 0.6 is 0 Å². The van der Waals surface area contributed by atoms with Crippen LogP contribution in [0.25, 0.3) is 0 Å². The largest absolute Gasteiger partial charge is 0.314 e. The lowest BCUT2D eigenvalue weighted by molar-refractivity contribution is 0.319. The van der Waals surface area contributed by atoms with Crippen LogP contribution in [0.2, 0.25) is 0 Å². The number of nitrogens with one attached hydrogen (secondary N) is 2. The molecule has 0 unspecified atom stereocenters. The van der Waals surface area contributed by atoms with E-state index in [9.17, 15) is 0 Å². The Bertz CT molecular complexity index is 87.3. The quantitative estimate of drug-likeness (QED) is 0.590. The van der Waals surface area contributed by atoms with Gasteiger partial charge in [0.05, 0.1) is 0 Å². The maximum atomic E-state index is 3.51. The molecule has 0 radical (unpaired) electrons. The molecule has 0 bridgehead atoms. The van der Waals surface area contributed by atoms with E-state index < -0.39 is 0 Å². The summed E-state index contributed by atoms with van der Waals surface area (Å²) in [5, 5.41) is 6.89. The molecule has 0 spiro atoms. The summed E-state index contributed by atoms with van der Waals surface area (Å²) in [5.41, 5.74) is 0. The SMILES string of the molecule is CC[C@@H](C)[C@H]1CNCCN1. The van der Waals surface area contributed by atoms with Gasteiger partial charge in [-0.05, 0) is 5.92 Å². The fraction of sp³-hybridized carbons (Fsp3) is 1.00. The van der Waals surface area contributed by atoms with E-state index in [-0.39, 0.29) is 0 Å². The Balaban J connectivity index is 2.24. The van der Waals surface area contributed by atoms with Gasteiger partial charge >= 0.3 is 0 Å². The number of piperazine rings is 1. The van der Waals surface area contributed by atoms with Gasteiger partial charge in [-0.25, -0.2) is 0 Å². The normalized spacial score (nSPS) is 30.0. The molecule has 2 heteroatoms. The zero-order valence-corrected chi connectivity index (χ0v) is 6.98. The highest BCUT2D eigenvalue weighted by Gasteiger charge is 2.16. The first-order chi connectivity index (χ1) is 4.84. The minimum absolute atomic E-state index is 0.707. The third kappa shape index (κ3) is 1.96. The van der Waals surface area contributed by atoms with Crippen LogP contribution in [0.3, 0.4) is 0 Å². The van der Waals surface area contributed by atoms with Crippen molar-refractivity contribution in [3.05, 3.63) is 0 Å². The maximum absolute atomic E-state index is 3.51. The van der Waals surface area contributed by atoms with Crippen molar-refractivity contribution < 1.29 is 0 Å². The molecule has 2 nitrogen and oxygen atoms in total. The van der Waals surface area contributed by atoms with Crippen molar-refractivity contribution in [2.24, 2.45) is 5.92 Å². The summed E-state index contributed by atoms with van der Waals surface area (Å²) < 4.78 is 0. The van der Waals surface area contributed by atoms with Crippen molar-refractivity contribution in [1.82, 2.24) is 10.6 Å². The highest BCUT2D eigenvalue weighted by molar-refractivity contribution is 4.78. The van der Waals surface area contributed by atoms with Crippen LogP contribution in [0.15, 0.2) is 0 Å². The molecule has 1 heterocycles. The lowest BCUT2D eigenvalue weighted by Gasteiger charge is -2.28. The lowest BCUT2D eigenvalue weighted by Crippen LogP contribution is -2.51. The Kier molecular flexibility index (Phi) is 3.16. The summed E-state index contributed by atoms with van der Waals surface area (Å²) in [7, 11) is 0. The van der Waals surface area contributed by atoms with Gasteiger partial charge in [0.2, 0.25) is 0 Å². The van der Waals surface area contributed by atoms with Crippen LogP contribution in [0.4, 0.5) is 0 Å². The van der Waals surface area contributed by atoms with Gasteiger partial charge in [-0.3, -0.25) is 0 Å². The van der Waals surface area contributed by atoms with Crippen LogP contribution in [-0.4, -0.2) is 25.7 Å². The molecule has 0 aromatic heterocycles. The number of rotatable bonds is 2. The van der Waals surface area contributed by atoms with Gasteiger partial charge in [0.25, 0.3) is 0 Å². The zero-order chi connectivity index (χ0) is 7.40. The molecule has 10 heavy (non-hydrogen) atoms. The number of hydrogen-bond acceptors (Lipinski definition) is 2. The molecule has 0 saturated carbocycles. The smallest absolute Gasteiger partial charge is 0.0218 e. The Morgan fingerprint density at radius 1 is 1.50 bits per heavy atom. The van der Waals surface area contributed by atoms with Crippen molar-refractivity contribution in [1.29, 1.82) is 0 Å². The van der Waals surface area contributed by atoms with E-state index in [0.717, 1.165) is 25.6 Å². The first-order valence-electron chi connectivity index (χ1n) is 4.28.